The maximum absolute atomic E-state index is 4.64. The molecule has 0 spiro atoms. The number of nitrogens with one attached hydrogen (secondary N) is 1. The van der Waals surface area contributed by atoms with Crippen molar-refractivity contribution in [1.29, 1.82) is 0 Å². The first kappa shape index (κ1) is 15.3. The van der Waals surface area contributed by atoms with Gasteiger partial charge in [-0.05, 0) is 57.1 Å². The predicted octanol–water partition coefficient (Wildman–Crippen LogP) is 4.04. The molecule has 108 valence electrons. The van der Waals surface area contributed by atoms with Crippen LogP contribution in [0.15, 0.2) is 34.9 Å². The molecular formula is C16H22BrN3. The van der Waals surface area contributed by atoms with Crippen LogP contribution in [-0.4, -0.2) is 16.8 Å². The van der Waals surface area contributed by atoms with Crippen LogP contribution in [0, 0.1) is 6.92 Å². The number of aromatic nitrogens is 2. The van der Waals surface area contributed by atoms with Crippen molar-refractivity contribution in [3.05, 3.63) is 51.8 Å². The number of nitrogens with zero attached hydrogens (tertiary/aromatic N) is 2. The third-order valence-corrected chi connectivity index (χ3v) is 4.05. The van der Waals surface area contributed by atoms with Gasteiger partial charge in [0.25, 0.3) is 0 Å². The molecule has 1 N–H and O–H groups in total. The molecule has 0 bridgehead atoms. The van der Waals surface area contributed by atoms with Crippen molar-refractivity contribution in [2.75, 3.05) is 7.05 Å². The molecule has 4 heteroatoms. The number of likely N-dealkylation sites (N-methyl/N-ethyl adjacent to an activating group) is 1. The Morgan fingerprint density at radius 3 is 2.60 bits per heavy atom. The number of aryl methyl sites for hydroxylation is 1. The minimum atomic E-state index is 0.290. The third kappa shape index (κ3) is 3.49. The molecular weight excluding hydrogens is 314 g/mol. The van der Waals surface area contributed by atoms with Gasteiger partial charge in [0, 0.05) is 29.2 Å². The molecule has 2 rings (SSSR count). The van der Waals surface area contributed by atoms with Crippen molar-refractivity contribution < 1.29 is 0 Å². The lowest BCUT2D eigenvalue weighted by atomic mass is 9.98. The van der Waals surface area contributed by atoms with Crippen LogP contribution in [0.2, 0.25) is 0 Å². The van der Waals surface area contributed by atoms with Gasteiger partial charge in [-0.3, -0.25) is 4.68 Å². The minimum Gasteiger partial charge on any atom is -0.313 e. The summed E-state index contributed by atoms with van der Waals surface area (Å²) < 4.78 is 3.13. The molecule has 1 unspecified atom stereocenters. The van der Waals surface area contributed by atoms with Gasteiger partial charge in [0.15, 0.2) is 0 Å². The highest BCUT2D eigenvalue weighted by atomic mass is 79.9. The molecule has 0 aliphatic rings. The maximum atomic E-state index is 4.64. The summed E-state index contributed by atoms with van der Waals surface area (Å²) in [6, 6.07) is 9.24. The van der Waals surface area contributed by atoms with Gasteiger partial charge >= 0.3 is 0 Å². The van der Waals surface area contributed by atoms with E-state index in [4.69, 9.17) is 0 Å². The van der Waals surface area contributed by atoms with Crippen molar-refractivity contribution in [3.63, 3.8) is 0 Å². The highest BCUT2D eigenvalue weighted by molar-refractivity contribution is 9.10. The average Bonchev–Trinajstić information content (AvgIpc) is 2.85. The molecule has 0 aliphatic heterocycles. The van der Waals surface area contributed by atoms with Crippen LogP contribution in [0.5, 0.6) is 0 Å². The van der Waals surface area contributed by atoms with Crippen LogP contribution in [0.4, 0.5) is 0 Å². The summed E-state index contributed by atoms with van der Waals surface area (Å²) in [4.78, 5) is 0. The molecule has 1 aromatic carbocycles. The molecule has 0 aliphatic carbocycles. The van der Waals surface area contributed by atoms with E-state index in [1.54, 1.807) is 0 Å². The van der Waals surface area contributed by atoms with Gasteiger partial charge < -0.3 is 5.32 Å². The smallest absolute Gasteiger partial charge is 0.0643 e. The second kappa shape index (κ2) is 6.55. The number of benzene rings is 1. The Labute approximate surface area is 129 Å². The number of hydrogen-bond donors (Lipinski definition) is 1. The van der Waals surface area contributed by atoms with Gasteiger partial charge in [0.2, 0.25) is 0 Å². The fourth-order valence-corrected chi connectivity index (χ4v) is 2.86. The SMILES string of the molecule is CNC(Cc1ccn(C(C)C)n1)c1ccc(Br)cc1C. The van der Waals surface area contributed by atoms with E-state index >= 15 is 0 Å². The lowest BCUT2D eigenvalue weighted by molar-refractivity contribution is 0.514. The molecule has 0 saturated heterocycles. The molecule has 0 saturated carbocycles. The molecule has 0 amide bonds. The van der Waals surface area contributed by atoms with E-state index in [1.807, 2.05) is 11.7 Å². The first-order chi connectivity index (χ1) is 9.51. The van der Waals surface area contributed by atoms with Crippen LogP contribution < -0.4 is 5.32 Å². The monoisotopic (exact) mass is 335 g/mol. The summed E-state index contributed by atoms with van der Waals surface area (Å²) in [5.74, 6) is 0. The Bertz CT molecular complexity index is 575. The van der Waals surface area contributed by atoms with Gasteiger partial charge in [-0.1, -0.05) is 22.0 Å². The van der Waals surface area contributed by atoms with E-state index < -0.39 is 0 Å². The summed E-state index contributed by atoms with van der Waals surface area (Å²) in [5, 5.41) is 8.04. The zero-order valence-corrected chi connectivity index (χ0v) is 14.1. The minimum absolute atomic E-state index is 0.290. The van der Waals surface area contributed by atoms with Crippen molar-refractivity contribution >= 4 is 15.9 Å². The van der Waals surface area contributed by atoms with Crippen LogP contribution in [0.1, 0.15) is 42.8 Å². The highest BCUT2D eigenvalue weighted by Gasteiger charge is 2.14. The van der Waals surface area contributed by atoms with Crippen LogP contribution in [0.3, 0.4) is 0 Å². The van der Waals surface area contributed by atoms with Crippen molar-refractivity contribution in [2.24, 2.45) is 0 Å². The zero-order chi connectivity index (χ0) is 14.7. The number of rotatable bonds is 5. The summed E-state index contributed by atoms with van der Waals surface area (Å²) in [5.41, 5.74) is 3.75. The normalized spacial score (nSPS) is 12.9. The molecule has 1 aromatic heterocycles. The van der Waals surface area contributed by atoms with Crippen LogP contribution >= 0.6 is 15.9 Å². The highest BCUT2D eigenvalue weighted by Crippen LogP contribution is 2.24. The molecule has 0 fully saturated rings. The second-order valence-electron chi connectivity index (χ2n) is 5.43. The van der Waals surface area contributed by atoms with E-state index in [0.29, 0.717) is 12.1 Å². The topological polar surface area (TPSA) is 29.9 Å². The summed E-state index contributed by atoms with van der Waals surface area (Å²) in [6.07, 6.45) is 2.96. The van der Waals surface area contributed by atoms with Crippen LogP contribution in [-0.2, 0) is 6.42 Å². The van der Waals surface area contributed by atoms with Crippen molar-refractivity contribution in [1.82, 2.24) is 15.1 Å². The van der Waals surface area contributed by atoms with E-state index in [1.165, 1.54) is 11.1 Å². The van der Waals surface area contributed by atoms with Gasteiger partial charge in [0.1, 0.15) is 0 Å². The number of hydrogen-bond acceptors (Lipinski definition) is 2. The Kier molecular flexibility index (Phi) is 5.00. The molecule has 1 atom stereocenters. The molecule has 20 heavy (non-hydrogen) atoms. The Morgan fingerprint density at radius 2 is 2.05 bits per heavy atom. The van der Waals surface area contributed by atoms with Crippen molar-refractivity contribution in [2.45, 2.75) is 39.3 Å². The fraction of sp³-hybridized carbons (Fsp3) is 0.438. The van der Waals surface area contributed by atoms with Crippen LogP contribution in [0.25, 0.3) is 0 Å². The van der Waals surface area contributed by atoms with E-state index in [2.05, 4.69) is 77.6 Å². The zero-order valence-electron chi connectivity index (χ0n) is 12.5. The maximum Gasteiger partial charge on any atom is 0.0643 e. The van der Waals surface area contributed by atoms with Gasteiger partial charge in [-0.25, -0.2) is 0 Å². The largest absolute Gasteiger partial charge is 0.313 e. The first-order valence-corrected chi connectivity index (χ1v) is 7.78. The Balaban J connectivity index is 2.19. The summed E-state index contributed by atoms with van der Waals surface area (Å²) >= 11 is 3.52. The first-order valence-electron chi connectivity index (χ1n) is 6.98. The lowest BCUT2D eigenvalue weighted by Gasteiger charge is -2.18. The summed E-state index contributed by atoms with van der Waals surface area (Å²) in [6.45, 7) is 6.44. The van der Waals surface area contributed by atoms with Crippen molar-refractivity contribution in [3.8, 4) is 0 Å². The van der Waals surface area contributed by atoms with Gasteiger partial charge in [-0.2, -0.15) is 5.10 Å². The molecule has 0 radical (unpaired) electrons. The second-order valence-corrected chi connectivity index (χ2v) is 6.34. The van der Waals surface area contributed by atoms with E-state index in [-0.39, 0.29) is 0 Å². The van der Waals surface area contributed by atoms with E-state index in [0.717, 1.165) is 16.6 Å². The Hall–Kier alpha value is -1.13. The molecule has 2 aromatic rings. The fourth-order valence-electron chi connectivity index (χ4n) is 2.38. The Morgan fingerprint density at radius 1 is 1.30 bits per heavy atom. The predicted molar refractivity (Wildman–Crippen MR) is 87.0 cm³/mol. The van der Waals surface area contributed by atoms with Gasteiger partial charge in [-0.15, -0.1) is 0 Å². The van der Waals surface area contributed by atoms with Gasteiger partial charge in [0.05, 0.1) is 5.69 Å². The standard InChI is InChI=1S/C16H22BrN3/c1-11(2)20-8-7-14(19-20)10-16(18-4)15-6-5-13(17)9-12(15)3/h5-9,11,16,18H,10H2,1-4H3. The molecule has 3 nitrogen and oxygen atoms in total. The average molecular weight is 336 g/mol. The third-order valence-electron chi connectivity index (χ3n) is 3.56. The lowest BCUT2D eigenvalue weighted by Crippen LogP contribution is -2.20. The summed E-state index contributed by atoms with van der Waals surface area (Å²) in [7, 11) is 2.01. The van der Waals surface area contributed by atoms with E-state index in [9.17, 15) is 0 Å². The molecule has 1 heterocycles. The quantitative estimate of drug-likeness (QED) is 0.893. The number of halogens is 1.